The summed E-state index contributed by atoms with van der Waals surface area (Å²) < 4.78 is 0. The van der Waals surface area contributed by atoms with Crippen molar-refractivity contribution in [3.8, 4) is 0 Å². The average molecular weight is 296 g/mol. The fourth-order valence-electron chi connectivity index (χ4n) is 2.78. The molecule has 2 heterocycles. The molecule has 0 unspecified atom stereocenters. The van der Waals surface area contributed by atoms with Crippen LogP contribution in [-0.2, 0) is 4.79 Å². The van der Waals surface area contributed by atoms with E-state index >= 15 is 0 Å². The third kappa shape index (κ3) is 3.24. The highest BCUT2D eigenvalue weighted by Gasteiger charge is 2.21. The number of carbonyl (C=O) groups is 1. The lowest BCUT2D eigenvalue weighted by Crippen LogP contribution is -2.39. The van der Waals surface area contributed by atoms with Crippen LogP contribution in [-0.4, -0.2) is 40.4 Å². The molecule has 3 rings (SSSR count). The van der Waals surface area contributed by atoms with Gasteiger partial charge in [0.05, 0.1) is 5.52 Å². The molecule has 0 saturated carbocycles. The molecule has 1 aromatic heterocycles. The third-order valence-electron chi connectivity index (χ3n) is 4.14. The SMILES string of the molecule is C=CC(=O)N1CCC(CNc2ncc3ccccc3n2)CC1. The number of benzene rings is 1. The minimum atomic E-state index is 0.0317. The fraction of sp³-hybridized carbons (Fsp3) is 0.353. The highest BCUT2D eigenvalue weighted by Crippen LogP contribution is 2.18. The number of aromatic nitrogens is 2. The summed E-state index contributed by atoms with van der Waals surface area (Å²) in [6, 6.07) is 7.95. The first-order valence-electron chi connectivity index (χ1n) is 7.63. The van der Waals surface area contributed by atoms with Gasteiger partial charge in [-0.1, -0.05) is 24.8 Å². The van der Waals surface area contributed by atoms with Crippen molar-refractivity contribution in [1.82, 2.24) is 14.9 Å². The summed E-state index contributed by atoms with van der Waals surface area (Å²) in [5.74, 6) is 1.25. The van der Waals surface area contributed by atoms with Gasteiger partial charge in [-0.3, -0.25) is 4.79 Å². The molecule has 1 saturated heterocycles. The topological polar surface area (TPSA) is 58.1 Å². The van der Waals surface area contributed by atoms with Crippen LogP contribution in [0.5, 0.6) is 0 Å². The smallest absolute Gasteiger partial charge is 0.245 e. The minimum absolute atomic E-state index is 0.0317. The van der Waals surface area contributed by atoms with E-state index in [9.17, 15) is 4.79 Å². The largest absolute Gasteiger partial charge is 0.354 e. The zero-order valence-corrected chi connectivity index (χ0v) is 12.5. The number of fused-ring (bicyclic) bond motifs is 1. The van der Waals surface area contributed by atoms with Crippen LogP contribution in [0.15, 0.2) is 43.1 Å². The summed E-state index contributed by atoms with van der Waals surface area (Å²) in [5, 5.41) is 4.36. The van der Waals surface area contributed by atoms with E-state index in [-0.39, 0.29) is 5.91 Å². The molecule has 1 N–H and O–H groups in total. The normalized spacial score (nSPS) is 15.7. The Labute approximate surface area is 130 Å². The van der Waals surface area contributed by atoms with E-state index in [1.54, 1.807) is 0 Å². The summed E-state index contributed by atoms with van der Waals surface area (Å²) in [6.07, 6.45) is 5.23. The zero-order valence-electron chi connectivity index (χ0n) is 12.5. The van der Waals surface area contributed by atoms with Crippen molar-refractivity contribution < 1.29 is 4.79 Å². The molecule has 114 valence electrons. The number of para-hydroxylation sites is 1. The summed E-state index contributed by atoms with van der Waals surface area (Å²) in [5.41, 5.74) is 0.950. The van der Waals surface area contributed by atoms with Crippen LogP contribution < -0.4 is 5.32 Å². The van der Waals surface area contributed by atoms with Gasteiger partial charge in [-0.25, -0.2) is 9.97 Å². The quantitative estimate of drug-likeness (QED) is 0.881. The maximum atomic E-state index is 11.5. The highest BCUT2D eigenvalue weighted by molar-refractivity contribution is 5.87. The molecule has 0 spiro atoms. The van der Waals surface area contributed by atoms with Gasteiger partial charge in [0.2, 0.25) is 11.9 Å². The molecule has 22 heavy (non-hydrogen) atoms. The molecule has 0 atom stereocenters. The molecular weight excluding hydrogens is 276 g/mol. The van der Waals surface area contributed by atoms with Crippen LogP contribution in [0.3, 0.4) is 0 Å². The van der Waals surface area contributed by atoms with Crippen molar-refractivity contribution in [2.45, 2.75) is 12.8 Å². The lowest BCUT2D eigenvalue weighted by atomic mass is 9.97. The number of amides is 1. The fourth-order valence-corrected chi connectivity index (χ4v) is 2.78. The van der Waals surface area contributed by atoms with Crippen LogP contribution >= 0.6 is 0 Å². The first kappa shape index (κ1) is 14.5. The number of piperidine rings is 1. The van der Waals surface area contributed by atoms with Crippen LogP contribution in [0.2, 0.25) is 0 Å². The Hall–Kier alpha value is -2.43. The van der Waals surface area contributed by atoms with Gasteiger partial charge in [-0.2, -0.15) is 0 Å². The Balaban J connectivity index is 1.54. The number of hydrogen-bond donors (Lipinski definition) is 1. The predicted molar refractivity (Wildman–Crippen MR) is 87.5 cm³/mol. The number of likely N-dealkylation sites (tertiary alicyclic amines) is 1. The van der Waals surface area contributed by atoms with Crippen molar-refractivity contribution in [2.24, 2.45) is 5.92 Å². The van der Waals surface area contributed by atoms with Crippen LogP contribution in [0.1, 0.15) is 12.8 Å². The van der Waals surface area contributed by atoms with Gasteiger partial charge >= 0.3 is 0 Å². The second-order valence-electron chi connectivity index (χ2n) is 5.61. The van der Waals surface area contributed by atoms with Gasteiger partial charge in [0.15, 0.2) is 0 Å². The maximum absolute atomic E-state index is 11.5. The molecule has 0 bridgehead atoms. The van der Waals surface area contributed by atoms with Crippen LogP contribution in [0.4, 0.5) is 5.95 Å². The van der Waals surface area contributed by atoms with Crippen molar-refractivity contribution in [2.75, 3.05) is 25.0 Å². The molecular formula is C17H20N4O. The second kappa shape index (κ2) is 6.56. The molecule has 1 aliphatic heterocycles. The molecule has 1 aliphatic rings. The zero-order chi connectivity index (χ0) is 15.4. The first-order chi connectivity index (χ1) is 10.8. The lowest BCUT2D eigenvalue weighted by molar-refractivity contribution is -0.127. The molecule has 5 heteroatoms. The summed E-state index contributed by atoms with van der Waals surface area (Å²) in [4.78, 5) is 22.3. The molecule has 1 fully saturated rings. The van der Waals surface area contributed by atoms with Crippen molar-refractivity contribution in [3.63, 3.8) is 0 Å². The van der Waals surface area contributed by atoms with E-state index in [0.717, 1.165) is 43.4 Å². The molecule has 0 aliphatic carbocycles. The molecule has 5 nitrogen and oxygen atoms in total. The van der Waals surface area contributed by atoms with Gasteiger partial charge in [0, 0.05) is 31.2 Å². The molecule has 2 aromatic rings. The minimum Gasteiger partial charge on any atom is -0.354 e. The van der Waals surface area contributed by atoms with Gasteiger partial charge < -0.3 is 10.2 Å². The van der Waals surface area contributed by atoms with E-state index in [1.807, 2.05) is 35.4 Å². The average Bonchev–Trinajstić information content (AvgIpc) is 2.59. The number of rotatable bonds is 4. The van der Waals surface area contributed by atoms with Gasteiger partial charge in [-0.15, -0.1) is 0 Å². The van der Waals surface area contributed by atoms with E-state index < -0.39 is 0 Å². The van der Waals surface area contributed by atoms with E-state index in [0.29, 0.717) is 11.9 Å². The predicted octanol–water partition coefficient (Wildman–Crippen LogP) is 2.47. The molecule has 0 radical (unpaired) electrons. The first-order valence-corrected chi connectivity index (χ1v) is 7.63. The maximum Gasteiger partial charge on any atom is 0.245 e. The van der Waals surface area contributed by atoms with Gasteiger partial charge in [-0.05, 0) is 30.9 Å². The monoisotopic (exact) mass is 296 g/mol. The highest BCUT2D eigenvalue weighted by atomic mass is 16.2. The van der Waals surface area contributed by atoms with Crippen LogP contribution in [0, 0.1) is 5.92 Å². The van der Waals surface area contributed by atoms with Crippen molar-refractivity contribution in [3.05, 3.63) is 43.1 Å². The third-order valence-corrected chi connectivity index (χ3v) is 4.14. The standard InChI is InChI=1S/C17H20N4O/c1-2-16(22)21-9-7-13(8-10-21)11-18-17-19-12-14-5-3-4-6-15(14)20-17/h2-6,12-13H,1,7-11H2,(H,18,19,20). The Morgan fingerprint density at radius 1 is 1.36 bits per heavy atom. The Bertz CT molecular complexity index is 677. The summed E-state index contributed by atoms with van der Waals surface area (Å²) in [7, 11) is 0. The van der Waals surface area contributed by atoms with Crippen molar-refractivity contribution in [1.29, 1.82) is 0 Å². The van der Waals surface area contributed by atoms with Gasteiger partial charge in [0.25, 0.3) is 0 Å². The number of anilines is 1. The number of nitrogens with zero attached hydrogens (tertiary/aromatic N) is 3. The second-order valence-corrected chi connectivity index (χ2v) is 5.61. The Kier molecular flexibility index (Phi) is 4.32. The number of carbonyl (C=O) groups excluding carboxylic acids is 1. The van der Waals surface area contributed by atoms with E-state index in [1.165, 1.54) is 6.08 Å². The molecule has 1 amide bonds. The van der Waals surface area contributed by atoms with Gasteiger partial charge in [0.1, 0.15) is 0 Å². The van der Waals surface area contributed by atoms with E-state index in [4.69, 9.17) is 0 Å². The van der Waals surface area contributed by atoms with E-state index in [2.05, 4.69) is 21.9 Å². The molecule has 1 aromatic carbocycles. The summed E-state index contributed by atoms with van der Waals surface area (Å²) >= 11 is 0. The van der Waals surface area contributed by atoms with Crippen LogP contribution in [0.25, 0.3) is 10.9 Å². The number of hydrogen-bond acceptors (Lipinski definition) is 4. The lowest BCUT2D eigenvalue weighted by Gasteiger charge is -2.31. The summed E-state index contributed by atoms with van der Waals surface area (Å²) in [6.45, 7) is 5.98. The number of nitrogens with one attached hydrogen (secondary N) is 1. The Morgan fingerprint density at radius 2 is 2.14 bits per heavy atom. The Morgan fingerprint density at radius 3 is 2.91 bits per heavy atom. The van der Waals surface area contributed by atoms with Crippen molar-refractivity contribution >= 4 is 22.8 Å².